The Bertz CT molecular complexity index is 728. The van der Waals surface area contributed by atoms with Crippen molar-refractivity contribution in [3.05, 3.63) is 59.9 Å². The summed E-state index contributed by atoms with van der Waals surface area (Å²) in [5, 5.41) is 10.0. The summed E-state index contributed by atoms with van der Waals surface area (Å²) in [6, 6.07) is 13.2. The van der Waals surface area contributed by atoms with Gasteiger partial charge in [0.05, 0.1) is 13.1 Å². The van der Waals surface area contributed by atoms with Crippen molar-refractivity contribution in [1.82, 2.24) is 4.90 Å². The van der Waals surface area contributed by atoms with Crippen LogP contribution in [0.3, 0.4) is 0 Å². The fourth-order valence-electron chi connectivity index (χ4n) is 2.57. The molecule has 132 valence electrons. The number of para-hydroxylation sites is 1. The number of benzene rings is 2. The van der Waals surface area contributed by atoms with Gasteiger partial charge in [0.1, 0.15) is 30.0 Å². The van der Waals surface area contributed by atoms with E-state index in [-0.39, 0.29) is 24.4 Å². The smallest absolute Gasteiger partial charge is 0.255 e. The van der Waals surface area contributed by atoms with Gasteiger partial charge in [-0.15, -0.1) is 0 Å². The fraction of sp³-hybridized carbons (Fsp3) is 0.316. The molecule has 25 heavy (non-hydrogen) atoms. The quantitative estimate of drug-likeness (QED) is 0.872. The molecule has 0 aromatic heterocycles. The zero-order chi connectivity index (χ0) is 17.8. The second kappa shape index (κ2) is 7.53. The summed E-state index contributed by atoms with van der Waals surface area (Å²) < 4.78 is 24.0. The van der Waals surface area contributed by atoms with Crippen molar-refractivity contribution in [3.63, 3.8) is 0 Å². The lowest BCUT2D eigenvalue weighted by Crippen LogP contribution is -2.59. The number of carbonyl (C=O) groups excluding carboxylic acids is 1. The predicted octanol–water partition coefficient (Wildman–Crippen LogP) is 2.16. The number of halogens is 1. The topological polar surface area (TPSA) is 59.0 Å². The van der Waals surface area contributed by atoms with Crippen molar-refractivity contribution in [3.8, 4) is 11.5 Å². The average Bonchev–Trinajstić information content (AvgIpc) is 2.58. The van der Waals surface area contributed by atoms with Gasteiger partial charge >= 0.3 is 0 Å². The monoisotopic (exact) mass is 345 g/mol. The molecule has 1 N–H and O–H groups in total. The molecule has 0 saturated carbocycles. The first kappa shape index (κ1) is 17.2. The first-order valence-corrected chi connectivity index (χ1v) is 8.10. The van der Waals surface area contributed by atoms with E-state index >= 15 is 0 Å². The molecule has 1 heterocycles. The van der Waals surface area contributed by atoms with Crippen molar-refractivity contribution >= 4 is 5.91 Å². The highest BCUT2D eigenvalue weighted by Gasteiger charge is 2.35. The minimum Gasteiger partial charge on any atom is -0.490 e. The van der Waals surface area contributed by atoms with E-state index < -0.39 is 6.10 Å². The van der Waals surface area contributed by atoms with Crippen LogP contribution in [0.5, 0.6) is 11.5 Å². The van der Waals surface area contributed by atoms with Gasteiger partial charge in [0, 0.05) is 0 Å². The molecule has 0 aliphatic carbocycles. The highest BCUT2D eigenvalue weighted by atomic mass is 19.1. The van der Waals surface area contributed by atoms with E-state index in [2.05, 4.69) is 0 Å². The summed E-state index contributed by atoms with van der Waals surface area (Å²) in [5.41, 5.74) is 0.943. The molecule has 1 aliphatic heterocycles. The first-order valence-electron chi connectivity index (χ1n) is 8.10. The molecule has 1 amide bonds. The molecular weight excluding hydrogens is 325 g/mol. The van der Waals surface area contributed by atoms with Crippen LogP contribution in [0.25, 0.3) is 0 Å². The van der Waals surface area contributed by atoms with Crippen LogP contribution in [0.2, 0.25) is 0 Å². The molecule has 1 fully saturated rings. The second-order valence-electron chi connectivity index (χ2n) is 6.03. The molecule has 0 bridgehead atoms. The number of rotatable bonds is 6. The fourth-order valence-corrected chi connectivity index (χ4v) is 2.57. The molecule has 1 atom stereocenters. The Morgan fingerprint density at radius 2 is 1.92 bits per heavy atom. The van der Waals surface area contributed by atoms with Crippen LogP contribution < -0.4 is 9.47 Å². The van der Waals surface area contributed by atoms with E-state index in [4.69, 9.17) is 9.47 Å². The summed E-state index contributed by atoms with van der Waals surface area (Å²) >= 11 is 0. The molecular formula is C19H20FNO4. The molecule has 3 rings (SSSR count). The first-order chi connectivity index (χ1) is 12.0. The normalized spacial score (nSPS) is 15.4. The van der Waals surface area contributed by atoms with Crippen LogP contribution in [0.4, 0.5) is 4.39 Å². The predicted molar refractivity (Wildman–Crippen MR) is 90.1 cm³/mol. The number of aryl methyl sites for hydroxylation is 1. The standard InChI is InChI=1S/C19H20FNO4/c1-13-4-2-3-5-18(13)24-12-17(22)19(23)21-10-16(11-21)25-15-8-6-14(20)7-9-15/h2-9,16-17,22H,10-12H2,1H3/t17-/m0/s1. The van der Waals surface area contributed by atoms with Gasteiger partial charge in [-0.3, -0.25) is 4.79 Å². The average molecular weight is 345 g/mol. The van der Waals surface area contributed by atoms with E-state index in [9.17, 15) is 14.3 Å². The summed E-state index contributed by atoms with van der Waals surface area (Å²) in [4.78, 5) is 13.7. The molecule has 0 radical (unpaired) electrons. The molecule has 2 aromatic carbocycles. The Morgan fingerprint density at radius 1 is 1.24 bits per heavy atom. The van der Waals surface area contributed by atoms with Crippen molar-refractivity contribution in [2.75, 3.05) is 19.7 Å². The maximum Gasteiger partial charge on any atom is 0.255 e. The lowest BCUT2D eigenvalue weighted by Gasteiger charge is -2.39. The third-order valence-corrected chi connectivity index (χ3v) is 4.05. The molecule has 5 nitrogen and oxygen atoms in total. The van der Waals surface area contributed by atoms with E-state index in [0.29, 0.717) is 24.6 Å². The number of hydrogen-bond acceptors (Lipinski definition) is 4. The third kappa shape index (κ3) is 4.28. The van der Waals surface area contributed by atoms with Crippen LogP contribution in [0, 0.1) is 12.7 Å². The van der Waals surface area contributed by atoms with Crippen molar-refractivity contribution in [2.45, 2.75) is 19.1 Å². The highest BCUT2D eigenvalue weighted by molar-refractivity contribution is 5.81. The number of aliphatic hydroxyl groups excluding tert-OH is 1. The van der Waals surface area contributed by atoms with Gasteiger partial charge in [-0.05, 0) is 42.8 Å². The zero-order valence-corrected chi connectivity index (χ0v) is 13.9. The van der Waals surface area contributed by atoms with Crippen LogP contribution in [0.1, 0.15) is 5.56 Å². The number of likely N-dealkylation sites (tertiary alicyclic amines) is 1. The molecule has 2 aromatic rings. The lowest BCUT2D eigenvalue weighted by atomic mass is 10.1. The number of carbonyl (C=O) groups is 1. The lowest BCUT2D eigenvalue weighted by molar-refractivity contribution is -0.150. The van der Waals surface area contributed by atoms with Gasteiger partial charge in [0.25, 0.3) is 5.91 Å². The largest absolute Gasteiger partial charge is 0.490 e. The Morgan fingerprint density at radius 3 is 2.60 bits per heavy atom. The van der Waals surface area contributed by atoms with Crippen molar-refractivity contribution in [1.29, 1.82) is 0 Å². The van der Waals surface area contributed by atoms with Gasteiger partial charge in [0.2, 0.25) is 0 Å². The van der Waals surface area contributed by atoms with Gasteiger partial charge < -0.3 is 19.5 Å². The maximum atomic E-state index is 12.8. The van der Waals surface area contributed by atoms with Gasteiger partial charge in [0.15, 0.2) is 6.10 Å². The van der Waals surface area contributed by atoms with Crippen molar-refractivity contribution in [2.24, 2.45) is 0 Å². The second-order valence-corrected chi connectivity index (χ2v) is 6.03. The molecule has 0 spiro atoms. The molecule has 0 unspecified atom stereocenters. The summed E-state index contributed by atoms with van der Waals surface area (Å²) in [6.07, 6.45) is -1.37. The Balaban J connectivity index is 1.43. The maximum absolute atomic E-state index is 12.8. The molecule has 6 heteroatoms. The Kier molecular flexibility index (Phi) is 5.19. The van der Waals surface area contributed by atoms with Crippen LogP contribution in [-0.4, -0.2) is 47.8 Å². The number of aliphatic hydroxyl groups is 1. The van der Waals surface area contributed by atoms with Gasteiger partial charge in [-0.2, -0.15) is 0 Å². The van der Waals surface area contributed by atoms with Crippen molar-refractivity contribution < 1.29 is 23.8 Å². The SMILES string of the molecule is Cc1ccccc1OC[C@H](O)C(=O)N1CC(Oc2ccc(F)cc2)C1. The molecule has 1 saturated heterocycles. The Labute approximate surface area is 145 Å². The summed E-state index contributed by atoms with van der Waals surface area (Å²) in [5.74, 6) is 0.500. The zero-order valence-electron chi connectivity index (χ0n) is 13.9. The number of amides is 1. The summed E-state index contributed by atoms with van der Waals surface area (Å²) in [6.45, 7) is 2.58. The number of nitrogens with zero attached hydrogens (tertiary/aromatic N) is 1. The summed E-state index contributed by atoms with van der Waals surface area (Å²) in [7, 11) is 0. The highest BCUT2D eigenvalue weighted by Crippen LogP contribution is 2.20. The van der Waals surface area contributed by atoms with Crippen LogP contribution >= 0.6 is 0 Å². The number of ether oxygens (including phenoxy) is 2. The minimum absolute atomic E-state index is 0.0936. The van der Waals surface area contributed by atoms with E-state index in [1.54, 1.807) is 18.2 Å². The van der Waals surface area contributed by atoms with Crippen LogP contribution in [-0.2, 0) is 4.79 Å². The van der Waals surface area contributed by atoms with Gasteiger partial charge in [-0.25, -0.2) is 4.39 Å². The van der Waals surface area contributed by atoms with E-state index in [0.717, 1.165) is 5.56 Å². The van der Waals surface area contributed by atoms with Gasteiger partial charge in [-0.1, -0.05) is 18.2 Å². The van der Waals surface area contributed by atoms with E-state index in [1.165, 1.54) is 17.0 Å². The van der Waals surface area contributed by atoms with Crippen LogP contribution in [0.15, 0.2) is 48.5 Å². The third-order valence-electron chi connectivity index (χ3n) is 4.05. The Hall–Kier alpha value is -2.60. The molecule has 1 aliphatic rings. The minimum atomic E-state index is -1.22. The number of hydrogen-bond donors (Lipinski definition) is 1. The van der Waals surface area contributed by atoms with E-state index in [1.807, 2.05) is 25.1 Å².